The van der Waals surface area contributed by atoms with Crippen molar-refractivity contribution in [2.75, 3.05) is 12.3 Å². The van der Waals surface area contributed by atoms with E-state index in [1.165, 1.54) is 0 Å². The number of hydrogen-bond donors (Lipinski definition) is 1. The second kappa shape index (κ2) is 9.82. The van der Waals surface area contributed by atoms with Crippen LogP contribution in [0.1, 0.15) is 12.5 Å². The van der Waals surface area contributed by atoms with Crippen LogP contribution in [0.4, 0.5) is 0 Å². The molecule has 1 atom stereocenters. The maximum Gasteiger partial charge on any atom is 0.260 e. The Kier molecular flexibility index (Phi) is 7.76. The van der Waals surface area contributed by atoms with Crippen LogP contribution < -0.4 is 10.1 Å². The molecule has 1 amide bonds. The highest BCUT2D eigenvalue weighted by atomic mass is 35.5. The van der Waals surface area contributed by atoms with Crippen LogP contribution in [0.2, 0.25) is 10.0 Å². The molecule has 1 N–H and O–H groups in total. The lowest BCUT2D eigenvalue weighted by atomic mass is 10.2. The number of nitrogens with one attached hydrogen (secondary N) is 1. The second-order valence-electron chi connectivity index (χ2n) is 5.13. The average Bonchev–Trinajstić information content (AvgIpc) is 2.58. The number of carbonyl (C=O) groups is 1. The highest BCUT2D eigenvalue weighted by Crippen LogP contribution is 2.24. The molecule has 2 aromatic carbocycles. The van der Waals surface area contributed by atoms with Gasteiger partial charge >= 0.3 is 0 Å². The third-order valence-corrected chi connectivity index (χ3v) is 4.96. The van der Waals surface area contributed by atoms with E-state index < -0.39 is 6.10 Å². The molecule has 0 aliphatic rings. The molecular formula is C18H19Cl2NO2S. The van der Waals surface area contributed by atoms with Crippen LogP contribution in [0.15, 0.2) is 48.5 Å². The van der Waals surface area contributed by atoms with Crippen molar-refractivity contribution >= 4 is 40.9 Å². The van der Waals surface area contributed by atoms with Crippen molar-refractivity contribution in [3.63, 3.8) is 0 Å². The van der Waals surface area contributed by atoms with Crippen LogP contribution in [0.5, 0.6) is 5.75 Å². The first kappa shape index (κ1) is 19.0. The van der Waals surface area contributed by atoms with Gasteiger partial charge < -0.3 is 10.1 Å². The van der Waals surface area contributed by atoms with Gasteiger partial charge in [-0.3, -0.25) is 4.79 Å². The van der Waals surface area contributed by atoms with Crippen LogP contribution in [-0.4, -0.2) is 24.3 Å². The summed E-state index contributed by atoms with van der Waals surface area (Å²) in [7, 11) is 0. The first-order valence-corrected chi connectivity index (χ1v) is 9.49. The minimum Gasteiger partial charge on any atom is -0.479 e. The minimum absolute atomic E-state index is 0.159. The zero-order chi connectivity index (χ0) is 17.4. The Hall–Kier alpha value is -1.36. The largest absolute Gasteiger partial charge is 0.479 e. The molecule has 3 nitrogen and oxygen atoms in total. The van der Waals surface area contributed by atoms with Gasteiger partial charge in [0.25, 0.3) is 5.91 Å². The second-order valence-corrected chi connectivity index (χ2v) is 7.05. The molecular weight excluding hydrogens is 365 g/mol. The third kappa shape index (κ3) is 5.93. The van der Waals surface area contributed by atoms with Gasteiger partial charge in [-0.15, -0.1) is 0 Å². The standard InChI is InChI=1S/C18H19Cl2NO2S/c1-13(23-17-9-5-4-8-16(17)20)18(22)21-10-11-24-12-14-6-2-3-7-15(14)19/h2-9,13H,10-12H2,1H3,(H,21,22). The predicted octanol–water partition coefficient (Wildman–Crippen LogP) is 4.81. The van der Waals surface area contributed by atoms with E-state index in [9.17, 15) is 4.79 Å². The topological polar surface area (TPSA) is 38.3 Å². The fourth-order valence-electron chi connectivity index (χ4n) is 1.97. The minimum atomic E-state index is -0.599. The molecule has 0 radical (unpaired) electrons. The maximum atomic E-state index is 12.0. The van der Waals surface area contributed by atoms with Crippen LogP contribution in [-0.2, 0) is 10.5 Å². The van der Waals surface area contributed by atoms with Crippen molar-refractivity contribution in [2.45, 2.75) is 18.8 Å². The van der Waals surface area contributed by atoms with Gasteiger partial charge in [-0.05, 0) is 30.7 Å². The maximum absolute atomic E-state index is 12.0. The van der Waals surface area contributed by atoms with E-state index in [1.807, 2.05) is 36.4 Å². The Balaban J connectivity index is 1.67. The van der Waals surface area contributed by atoms with Crippen molar-refractivity contribution < 1.29 is 9.53 Å². The number of carbonyl (C=O) groups excluding carboxylic acids is 1. The fourth-order valence-corrected chi connectivity index (χ4v) is 3.30. The molecule has 1 unspecified atom stereocenters. The molecule has 0 fully saturated rings. The summed E-state index contributed by atoms with van der Waals surface area (Å²) in [6, 6.07) is 14.9. The van der Waals surface area contributed by atoms with Crippen molar-refractivity contribution in [3.8, 4) is 5.75 Å². The first-order valence-electron chi connectivity index (χ1n) is 7.58. The molecule has 2 aromatic rings. The summed E-state index contributed by atoms with van der Waals surface area (Å²) in [5.74, 6) is 1.97. The summed E-state index contributed by atoms with van der Waals surface area (Å²) < 4.78 is 5.58. The van der Waals surface area contributed by atoms with Crippen LogP contribution in [0, 0.1) is 0 Å². The summed E-state index contributed by atoms with van der Waals surface area (Å²) in [5, 5.41) is 4.13. The van der Waals surface area contributed by atoms with Gasteiger partial charge in [0.1, 0.15) is 5.75 Å². The van der Waals surface area contributed by atoms with Gasteiger partial charge in [0.2, 0.25) is 0 Å². The van der Waals surface area contributed by atoms with E-state index >= 15 is 0 Å². The average molecular weight is 384 g/mol. The SMILES string of the molecule is CC(Oc1ccccc1Cl)C(=O)NCCSCc1ccccc1Cl. The monoisotopic (exact) mass is 383 g/mol. The summed E-state index contributed by atoms with van der Waals surface area (Å²) in [6.07, 6.45) is -0.599. The lowest BCUT2D eigenvalue weighted by Crippen LogP contribution is -2.37. The smallest absolute Gasteiger partial charge is 0.260 e. The summed E-state index contributed by atoms with van der Waals surface area (Å²) >= 11 is 13.8. The number of thioether (sulfide) groups is 1. The van der Waals surface area contributed by atoms with Crippen LogP contribution in [0.25, 0.3) is 0 Å². The van der Waals surface area contributed by atoms with Crippen molar-refractivity contribution in [1.29, 1.82) is 0 Å². The zero-order valence-electron chi connectivity index (χ0n) is 13.3. The Bertz CT molecular complexity index is 682. The first-order chi connectivity index (χ1) is 11.6. The van der Waals surface area contributed by atoms with Gasteiger partial charge in [-0.2, -0.15) is 11.8 Å². The van der Waals surface area contributed by atoms with Crippen LogP contribution in [0.3, 0.4) is 0 Å². The number of hydrogen-bond acceptors (Lipinski definition) is 3. The molecule has 0 heterocycles. The third-order valence-electron chi connectivity index (χ3n) is 3.27. The molecule has 0 aliphatic carbocycles. The highest BCUT2D eigenvalue weighted by Gasteiger charge is 2.15. The molecule has 0 saturated carbocycles. The van der Waals surface area contributed by atoms with E-state index in [4.69, 9.17) is 27.9 Å². The van der Waals surface area contributed by atoms with E-state index in [-0.39, 0.29) is 5.91 Å². The van der Waals surface area contributed by atoms with Gasteiger partial charge in [-0.1, -0.05) is 53.5 Å². The molecule has 128 valence electrons. The van der Waals surface area contributed by atoms with Crippen LogP contribution >= 0.6 is 35.0 Å². The molecule has 0 saturated heterocycles. The Morgan fingerprint density at radius 1 is 1.12 bits per heavy atom. The van der Waals surface area contributed by atoms with E-state index in [0.29, 0.717) is 17.3 Å². The zero-order valence-corrected chi connectivity index (χ0v) is 15.6. The molecule has 0 aliphatic heterocycles. The predicted molar refractivity (Wildman–Crippen MR) is 102 cm³/mol. The Labute approximate surface area is 156 Å². The number of ether oxygens (including phenoxy) is 1. The molecule has 0 aromatic heterocycles. The van der Waals surface area contributed by atoms with E-state index in [1.54, 1.807) is 30.8 Å². The number of amides is 1. The molecule has 6 heteroatoms. The summed E-state index contributed by atoms with van der Waals surface area (Å²) in [6.45, 7) is 2.28. The Morgan fingerprint density at radius 3 is 2.50 bits per heavy atom. The number of halogens is 2. The van der Waals surface area contributed by atoms with Crippen molar-refractivity contribution in [3.05, 3.63) is 64.1 Å². The highest BCUT2D eigenvalue weighted by molar-refractivity contribution is 7.98. The molecule has 24 heavy (non-hydrogen) atoms. The number of benzene rings is 2. The molecule has 0 bridgehead atoms. The summed E-state index contributed by atoms with van der Waals surface area (Å²) in [4.78, 5) is 12.0. The van der Waals surface area contributed by atoms with Gasteiger partial charge in [0, 0.05) is 23.1 Å². The van der Waals surface area contributed by atoms with Gasteiger partial charge in [-0.25, -0.2) is 0 Å². The lowest BCUT2D eigenvalue weighted by Gasteiger charge is -2.15. The van der Waals surface area contributed by atoms with E-state index in [0.717, 1.165) is 22.1 Å². The number of rotatable bonds is 8. The van der Waals surface area contributed by atoms with Crippen molar-refractivity contribution in [2.24, 2.45) is 0 Å². The lowest BCUT2D eigenvalue weighted by molar-refractivity contribution is -0.127. The molecule has 0 spiro atoms. The van der Waals surface area contributed by atoms with Gasteiger partial charge in [0.05, 0.1) is 5.02 Å². The molecule has 2 rings (SSSR count). The Morgan fingerprint density at radius 2 is 1.79 bits per heavy atom. The number of para-hydroxylation sites is 1. The van der Waals surface area contributed by atoms with Gasteiger partial charge in [0.15, 0.2) is 6.10 Å². The fraction of sp³-hybridized carbons (Fsp3) is 0.278. The van der Waals surface area contributed by atoms with Crippen molar-refractivity contribution in [1.82, 2.24) is 5.32 Å². The normalized spacial score (nSPS) is 11.8. The summed E-state index contributed by atoms with van der Waals surface area (Å²) in [5.41, 5.74) is 1.10. The van der Waals surface area contributed by atoms with E-state index in [2.05, 4.69) is 5.32 Å². The quantitative estimate of drug-likeness (QED) is 0.664.